The summed E-state index contributed by atoms with van der Waals surface area (Å²) < 4.78 is 18.1. The fraction of sp³-hybridized carbons (Fsp3) is 0.289. The van der Waals surface area contributed by atoms with Gasteiger partial charge in [0.2, 0.25) is 0 Å². The molecule has 0 spiro atoms. The third-order valence-corrected chi connectivity index (χ3v) is 9.43. The van der Waals surface area contributed by atoms with Crippen LogP contribution < -0.4 is 5.32 Å². The maximum Gasteiger partial charge on any atom is 0.336 e. The van der Waals surface area contributed by atoms with Gasteiger partial charge in [0.15, 0.2) is 12.4 Å². The Morgan fingerprint density at radius 1 is 0.875 bits per heavy atom. The van der Waals surface area contributed by atoms with Gasteiger partial charge in [-0.25, -0.2) is 4.79 Å². The molecule has 0 aromatic heterocycles. The third-order valence-electron chi connectivity index (χ3n) is 8.27. The summed E-state index contributed by atoms with van der Waals surface area (Å²) >= 11 is 1.45. The number of hydrogen-bond donors (Lipinski definition) is 3. The number of aliphatic hydroxyl groups excluding tert-OH is 1. The Labute approximate surface area is 284 Å². The normalized spacial score (nSPS) is 19.7. The van der Waals surface area contributed by atoms with Crippen LogP contribution in [0, 0.1) is 5.92 Å². The first-order valence-electron chi connectivity index (χ1n) is 15.7. The van der Waals surface area contributed by atoms with Crippen LogP contribution in [0.15, 0.2) is 102 Å². The molecule has 1 saturated heterocycles. The van der Waals surface area contributed by atoms with Crippen LogP contribution in [0.1, 0.15) is 65.8 Å². The summed E-state index contributed by atoms with van der Waals surface area (Å²) in [5.74, 6) is -1.37. The SMILES string of the molecule is CC(=O)O[C@@H](C)C(=O)NCc1cccc(-c2ccc([C@H]3O[C@@H](CSc4ccccc4C(=O)O)[C@@H](C)[C@@H](c4ccc(CO)cc4)O3)cc2)c1. The van der Waals surface area contributed by atoms with E-state index >= 15 is 0 Å². The second kappa shape index (κ2) is 16.1. The Morgan fingerprint density at radius 3 is 2.27 bits per heavy atom. The van der Waals surface area contributed by atoms with Crippen molar-refractivity contribution in [1.29, 1.82) is 0 Å². The molecular formula is C38H39NO8S. The molecule has 48 heavy (non-hydrogen) atoms. The zero-order valence-electron chi connectivity index (χ0n) is 27.0. The summed E-state index contributed by atoms with van der Waals surface area (Å²) in [6.07, 6.45) is -2.09. The molecule has 9 nitrogen and oxygen atoms in total. The maximum absolute atomic E-state index is 12.3. The topological polar surface area (TPSA) is 131 Å². The van der Waals surface area contributed by atoms with Crippen LogP contribution in [0.4, 0.5) is 0 Å². The number of benzene rings is 4. The average molecular weight is 670 g/mol. The number of aromatic carboxylic acids is 1. The number of carboxylic acid groups (broad SMARTS) is 1. The van der Waals surface area contributed by atoms with Gasteiger partial charge in [-0.05, 0) is 52.9 Å². The van der Waals surface area contributed by atoms with Gasteiger partial charge in [-0.3, -0.25) is 9.59 Å². The van der Waals surface area contributed by atoms with Crippen LogP contribution in [-0.2, 0) is 37.0 Å². The first kappa shape index (κ1) is 34.8. The van der Waals surface area contributed by atoms with Crippen molar-refractivity contribution in [3.8, 4) is 11.1 Å². The highest BCUT2D eigenvalue weighted by Crippen LogP contribution is 2.43. The van der Waals surface area contributed by atoms with E-state index in [1.54, 1.807) is 12.1 Å². The van der Waals surface area contributed by atoms with E-state index in [1.165, 1.54) is 25.6 Å². The lowest BCUT2D eigenvalue weighted by molar-refractivity contribution is -0.268. The molecule has 5 rings (SSSR count). The molecule has 5 atom stereocenters. The van der Waals surface area contributed by atoms with E-state index < -0.39 is 24.3 Å². The minimum atomic E-state index is -0.969. The summed E-state index contributed by atoms with van der Waals surface area (Å²) in [4.78, 5) is 35.9. The van der Waals surface area contributed by atoms with Crippen molar-refractivity contribution in [3.63, 3.8) is 0 Å². The number of carboxylic acids is 1. The third kappa shape index (κ3) is 8.70. The smallest absolute Gasteiger partial charge is 0.336 e. The van der Waals surface area contributed by atoms with Gasteiger partial charge in [0.05, 0.1) is 24.4 Å². The number of rotatable bonds is 12. The molecular weight excluding hydrogens is 630 g/mol. The van der Waals surface area contributed by atoms with Gasteiger partial charge in [0.1, 0.15) is 0 Å². The molecule has 1 amide bonds. The molecule has 1 fully saturated rings. The largest absolute Gasteiger partial charge is 0.478 e. The lowest BCUT2D eigenvalue weighted by atomic mass is 9.91. The van der Waals surface area contributed by atoms with Crippen molar-refractivity contribution >= 4 is 29.6 Å². The minimum absolute atomic E-state index is 0.0471. The van der Waals surface area contributed by atoms with E-state index in [0.29, 0.717) is 10.6 Å². The van der Waals surface area contributed by atoms with Crippen LogP contribution in [0.2, 0.25) is 0 Å². The number of hydrogen-bond acceptors (Lipinski definition) is 8. The Bertz CT molecular complexity index is 1730. The summed E-state index contributed by atoms with van der Waals surface area (Å²) in [5, 5.41) is 22.0. The molecule has 10 heteroatoms. The van der Waals surface area contributed by atoms with E-state index in [-0.39, 0.29) is 42.7 Å². The monoisotopic (exact) mass is 669 g/mol. The number of ether oxygens (including phenoxy) is 3. The number of thioether (sulfide) groups is 1. The fourth-order valence-electron chi connectivity index (χ4n) is 5.58. The number of nitrogens with one attached hydrogen (secondary N) is 1. The van der Waals surface area contributed by atoms with Gasteiger partial charge < -0.3 is 29.7 Å². The first-order valence-corrected chi connectivity index (χ1v) is 16.7. The molecule has 0 radical (unpaired) electrons. The lowest BCUT2D eigenvalue weighted by Crippen LogP contribution is -2.38. The molecule has 250 valence electrons. The molecule has 0 saturated carbocycles. The molecule has 0 unspecified atom stereocenters. The summed E-state index contributed by atoms with van der Waals surface area (Å²) in [5.41, 5.74) is 5.71. The van der Waals surface area contributed by atoms with Crippen LogP contribution in [0.5, 0.6) is 0 Å². The summed E-state index contributed by atoms with van der Waals surface area (Å²) in [6, 6.07) is 30.4. The maximum atomic E-state index is 12.3. The Kier molecular flexibility index (Phi) is 11.7. The number of carbonyl (C=O) groups excluding carboxylic acids is 2. The fourth-order valence-corrected chi connectivity index (χ4v) is 6.79. The Balaban J connectivity index is 1.33. The first-order chi connectivity index (χ1) is 23.1. The van der Waals surface area contributed by atoms with Crippen molar-refractivity contribution in [1.82, 2.24) is 5.32 Å². The van der Waals surface area contributed by atoms with E-state index in [2.05, 4.69) is 12.2 Å². The highest BCUT2D eigenvalue weighted by atomic mass is 32.2. The van der Waals surface area contributed by atoms with Gasteiger partial charge in [-0.2, -0.15) is 0 Å². The van der Waals surface area contributed by atoms with Crippen molar-refractivity contribution in [2.45, 2.75) is 63.4 Å². The van der Waals surface area contributed by atoms with E-state index in [4.69, 9.17) is 14.2 Å². The standard InChI is InChI=1S/C38H39NO8S/c1-23-33(22-48-34-10-5-4-9-32(34)37(43)44)46-38(47-35(23)29-13-11-26(21-40)12-14-29)30-17-15-28(16-18-30)31-8-6-7-27(19-31)20-39-36(42)24(2)45-25(3)41/h4-19,23-24,33,35,38,40H,20-22H2,1-3H3,(H,39,42)(H,43,44)/t23-,24+,33+,35+,38+/m1/s1. The highest BCUT2D eigenvalue weighted by molar-refractivity contribution is 7.99. The van der Waals surface area contributed by atoms with Crippen LogP contribution in [0.25, 0.3) is 11.1 Å². The second-order valence-corrected chi connectivity index (χ2v) is 12.8. The Morgan fingerprint density at radius 2 is 1.58 bits per heavy atom. The van der Waals surface area contributed by atoms with Gasteiger partial charge >= 0.3 is 11.9 Å². The van der Waals surface area contributed by atoms with E-state index in [9.17, 15) is 24.6 Å². The van der Waals surface area contributed by atoms with Crippen molar-refractivity contribution < 1.29 is 38.8 Å². The molecule has 3 N–H and O–H groups in total. The van der Waals surface area contributed by atoms with Gasteiger partial charge in [0.25, 0.3) is 5.91 Å². The predicted molar refractivity (Wildman–Crippen MR) is 182 cm³/mol. The van der Waals surface area contributed by atoms with Crippen molar-refractivity contribution in [3.05, 3.63) is 125 Å². The molecule has 1 aliphatic heterocycles. The van der Waals surface area contributed by atoms with Gasteiger partial charge in [0, 0.05) is 35.6 Å². The number of aliphatic hydroxyl groups is 1. The molecule has 0 aliphatic carbocycles. The highest BCUT2D eigenvalue weighted by Gasteiger charge is 2.38. The average Bonchev–Trinajstić information content (AvgIpc) is 3.10. The molecule has 1 heterocycles. The number of esters is 1. The van der Waals surface area contributed by atoms with Crippen LogP contribution in [0.3, 0.4) is 0 Å². The number of carbonyl (C=O) groups is 3. The van der Waals surface area contributed by atoms with E-state index in [1.807, 2.05) is 84.9 Å². The van der Waals surface area contributed by atoms with Crippen molar-refractivity contribution in [2.24, 2.45) is 5.92 Å². The van der Waals surface area contributed by atoms with E-state index in [0.717, 1.165) is 33.4 Å². The predicted octanol–water partition coefficient (Wildman–Crippen LogP) is 6.70. The Hall–Kier alpha value is -4.48. The van der Waals surface area contributed by atoms with Crippen LogP contribution >= 0.6 is 11.8 Å². The lowest BCUT2D eigenvalue weighted by Gasteiger charge is -2.41. The van der Waals surface area contributed by atoms with Crippen molar-refractivity contribution in [2.75, 3.05) is 5.75 Å². The number of amides is 1. The van der Waals surface area contributed by atoms with Crippen LogP contribution in [-0.4, -0.2) is 46.0 Å². The molecule has 1 aliphatic rings. The summed E-state index contributed by atoms with van der Waals surface area (Å²) in [7, 11) is 0. The second-order valence-electron chi connectivity index (χ2n) is 11.7. The zero-order valence-corrected chi connectivity index (χ0v) is 27.8. The van der Waals surface area contributed by atoms with Gasteiger partial charge in [-0.1, -0.05) is 85.8 Å². The quantitative estimate of drug-likeness (QED) is 0.111. The van der Waals surface area contributed by atoms with Gasteiger partial charge in [-0.15, -0.1) is 11.8 Å². The zero-order chi connectivity index (χ0) is 34.2. The molecule has 4 aromatic rings. The minimum Gasteiger partial charge on any atom is -0.478 e. The summed E-state index contributed by atoms with van der Waals surface area (Å²) in [6.45, 7) is 5.11. The molecule has 0 bridgehead atoms. The molecule has 4 aromatic carbocycles.